The molecule has 8 nitrogen and oxygen atoms in total. The van der Waals surface area contributed by atoms with Gasteiger partial charge in [0.25, 0.3) is 0 Å². The lowest BCUT2D eigenvalue weighted by Crippen LogP contribution is -2.47. The molecule has 118 valence electrons. The highest BCUT2D eigenvalue weighted by Gasteiger charge is 2.22. The van der Waals surface area contributed by atoms with Crippen LogP contribution < -0.4 is 9.80 Å². The SMILES string of the molecule is CCn1cnc2c(N3CCN(c4ccncn4)CC3)ncnc21. The fourth-order valence-corrected chi connectivity index (χ4v) is 2.95. The standard InChI is InChI=1S/C15H18N8/c1-2-21-11-20-13-14(21)18-10-19-15(13)23-7-5-22(6-8-23)12-3-4-16-9-17-12/h3-4,9-11H,2,5-8H2,1H3. The maximum atomic E-state index is 4.50. The van der Waals surface area contributed by atoms with Crippen LogP contribution in [0.15, 0.2) is 31.2 Å². The number of nitrogens with zero attached hydrogens (tertiary/aromatic N) is 8. The lowest BCUT2D eigenvalue weighted by molar-refractivity contribution is 0.642. The molecule has 8 heteroatoms. The Bertz CT molecular complexity index is 792. The van der Waals surface area contributed by atoms with Gasteiger partial charge in [-0.15, -0.1) is 0 Å². The summed E-state index contributed by atoms with van der Waals surface area (Å²) < 4.78 is 2.04. The van der Waals surface area contributed by atoms with E-state index in [0.717, 1.165) is 55.5 Å². The van der Waals surface area contributed by atoms with E-state index in [1.165, 1.54) is 0 Å². The van der Waals surface area contributed by atoms with Gasteiger partial charge in [-0.3, -0.25) is 0 Å². The van der Waals surface area contributed by atoms with Crippen LogP contribution in [0.2, 0.25) is 0 Å². The van der Waals surface area contributed by atoms with Gasteiger partial charge in [0.05, 0.1) is 6.33 Å². The second-order valence-electron chi connectivity index (χ2n) is 5.44. The minimum atomic E-state index is 0.856. The van der Waals surface area contributed by atoms with Gasteiger partial charge in [0.2, 0.25) is 0 Å². The maximum absolute atomic E-state index is 4.50. The van der Waals surface area contributed by atoms with Gasteiger partial charge in [-0.25, -0.2) is 24.9 Å². The minimum absolute atomic E-state index is 0.856. The lowest BCUT2D eigenvalue weighted by Gasteiger charge is -2.35. The summed E-state index contributed by atoms with van der Waals surface area (Å²) in [7, 11) is 0. The van der Waals surface area contributed by atoms with Crippen molar-refractivity contribution in [3.05, 3.63) is 31.2 Å². The van der Waals surface area contributed by atoms with Gasteiger partial charge >= 0.3 is 0 Å². The average Bonchev–Trinajstić information content (AvgIpc) is 3.06. The second kappa shape index (κ2) is 5.79. The molecule has 0 aromatic carbocycles. The summed E-state index contributed by atoms with van der Waals surface area (Å²) in [6.45, 7) is 6.51. The smallest absolute Gasteiger partial charge is 0.165 e. The zero-order valence-electron chi connectivity index (χ0n) is 13.0. The molecule has 0 amide bonds. The van der Waals surface area contributed by atoms with E-state index in [1.54, 1.807) is 18.9 Å². The van der Waals surface area contributed by atoms with E-state index in [1.807, 2.05) is 17.0 Å². The monoisotopic (exact) mass is 310 g/mol. The molecule has 0 aliphatic carbocycles. The molecule has 0 bridgehead atoms. The summed E-state index contributed by atoms with van der Waals surface area (Å²) in [6, 6.07) is 1.95. The van der Waals surface area contributed by atoms with E-state index in [4.69, 9.17) is 0 Å². The third-order valence-corrected chi connectivity index (χ3v) is 4.19. The van der Waals surface area contributed by atoms with Gasteiger partial charge in [0.15, 0.2) is 17.0 Å². The molecule has 1 aliphatic rings. The number of imidazole rings is 1. The molecular formula is C15H18N8. The Morgan fingerprint density at radius 1 is 0.957 bits per heavy atom. The van der Waals surface area contributed by atoms with Crippen LogP contribution >= 0.6 is 0 Å². The predicted molar refractivity (Wildman–Crippen MR) is 87.5 cm³/mol. The first-order valence-corrected chi connectivity index (χ1v) is 7.78. The Morgan fingerprint density at radius 3 is 2.52 bits per heavy atom. The zero-order chi connectivity index (χ0) is 15.6. The van der Waals surface area contributed by atoms with Crippen molar-refractivity contribution in [3.63, 3.8) is 0 Å². The van der Waals surface area contributed by atoms with Crippen LogP contribution in [0.25, 0.3) is 11.2 Å². The predicted octanol–water partition coefficient (Wildman–Crippen LogP) is 0.963. The van der Waals surface area contributed by atoms with E-state index in [9.17, 15) is 0 Å². The second-order valence-corrected chi connectivity index (χ2v) is 5.44. The summed E-state index contributed by atoms with van der Waals surface area (Å²) >= 11 is 0. The molecule has 0 unspecified atom stereocenters. The van der Waals surface area contributed by atoms with Crippen molar-refractivity contribution in [3.8, 4) is 0 Å². The number of hydrogen-bond donors (Lipinski definition) is 0. The van der Waals surface area contributed by atoms with Crippen molar-refractivity contribution >= 4 is 22.8 Å². The molecule has 4 heterocycles. The first kappa shape index (κ1) is 13.9. The van der Waals surface area contributed by atoms with Crippen molar-refractivity contribution in [1.82, 2.24) is 29.5 Å². The topological polar surface area (TPSA) is 75.9 Å². The largest absolute Gasteiger partial charge is 0.353 e. The Morgan fingerprint density at radius 2 is 1.78 bits per heavy atom. The third-order valence-electron chi connectivity index (χ3n) is 4.19. The molecule has 1 aliphatic heterocycles. The summed E-state index contributed by atoms with van der Waals surface area (Å²) in [6.07, 6.45) is 6.83. The summed E-state index contributed by atoms with van der Waals surface area (Å²) in [4.78, 5) is 26.2. The number of piperazine rings is 1. The Labute approximate surface area is 133 Å². The fraction of sp³-hybridized carbons (Fsp3) is 0.400. The number of aromatic nitrogens is 6. The lowest BCUT2D eigenvalue weighted by atomic mass is 10.3. The van der Waals surface area contributed by atoms with Crippen molar-refractivity contribution in [1.29, 1.82) is 0 Å². The molecule has 0 atom stereocenters. The van der Waals surface area contributed by atoms with Gasteiger partial charge in [0, 0.05) is 38.9 Å². The molecule has 0 saturated carbocycles. The van der Waals surface area contributed by atoms with Crippen LogP contribution in [-0.4, -0.2) is 55.7 Å². The van der Waals surface area contributed by atoms with Crippen molar-refractivity contribution < 1.29 is 0 Å². The number of aryl methyl sites for hydroxylation is 1. The highest BCUT2D eigenvalue weighted by molar-refractivity contribution is 5.83. The fourth-order valence-electron chi connectivity index (χ4n) is 2.95. The zero-order valence-corrected chi connectivity index (χ0v) is 13.0. The minimum Gasteiger partial charge on any atom is -0.353 e. The number of anilines is 2. The molecule has 3 aromatic heterocycles. The molecule has 0 spiro atoms. The molecule has 3 aromatic rings. The highest BCUT2D eigenvalue weighted by Crippen LogP contribution is 2.23. The van der Waals surface area contributed by atoms with Crippen LogP contribution in [0, 0.1) is 0 Å². The normalized spacial score (nSPS) is 15.3. The third kappa shape index (κ3) is 2.45. The van der Waals surface area contributed by atoms with Crippen LogP contribution in [0.3, 0.4) is 0 Å². The van der Waals surface area contributed by atoms with Crippen LogP contribution in [0.1, 0.15) is 6.92 Å². The molecule has 0 N–H and O–H groups in total. The molecule has 1 saturated heterocycles. The van der Waals surface area contributed by atoms with Crippen LogP contribution in [0.4, 0.5) is 11.6 Å². The van der Waals surface area contributed by atoms with Crippen molar-refractivity contribution in [2.45, 2.75) is 13.5 Å². The highest BCUT2D eigenvalue weighted by atomic mass is 15.3. The quantitative estimate of drug-likeness (QED) is 0.713. The Hall–Kier alpha value is -2.77. The van der Waals surface area contributed by atoms with Crippen molar-refractivity contribution in [2.75, 3.05) is 36.0 Å². The number of rotatable bonds is 3. The van der Waals surface area contributed by atoms with Gasteiger partial charge in [-0.2, -0.15) is 0 Å². The van der Waals surface area contributed by atoms with Gasteiger partial charge in [-0.05, 0) is 13.0 Å². The molecule has 4 rings (SSSR count). The molecule has 1 fully saturated rings. The molecule has 23 heavy (non-hydrogen) atoms. The average molecular weight is 310 g/mol. The first-order chi connectivity index (χ1) is 11.4. The van der Waals surface area contributed by atoms with E-state index < -0.39 is 0 Å². The van der Waals surface area contributed by atoms with Crippen LogP contribution in [-0.2, 0) is 6.54 Å². The summed E-state index contributed by atoms with van der Waals surface area (Å²) in [5.74, 6) is 1.90. The van der Waals surface area contributed by atoms with Gasteiger partial charge < -0.3 is 14.4 Å². The van der Waals surface area contributed by atoms with E-state index in [2.05, 4.69) is 41.6 Å². The van der Waals surface area contributed by atoms with Crippen molar-refractivity contribution in [2.24, 2.45) is 0 Å². The summed E-state index contributed by atoms with van der Waals surface area (Å²) in [5.41, 5.74) is 1.78. The Balaban J connectivity index is 1.56. The van der Waals surface area contributed by atoms with E-state index in [0.29, 0.717) is 0 Å². The molecular weight excluding hydrogens is 292 g/mol. The van der Waals surface area contributed by atoms with E-state index in [-0.39, 0.29) is 0 Å². The number of fused-ring (bicyclic) bond motifs is 1. The summed E-state index contributed by atoms with van der Waals surface area (Å²) in [5, 5.41) is 0. The van der Waals surface area contributed by atoms with Gasteiger partial charge in [-0.1, -0.05) is 0 Å². The van der Waals surface area contributed by atoms with Crippen LogP contribution in [0.5, 0.6) is 0 Å². The Kier molecular flexibility index (Phi) is 3.49. The number of hydrogen-bond acceptors (Lipinski definition) is 7. The van der Waals surface area contributed by atoms with Gasteiger partial charge in [0.1, 0.15) is 18.5 Å². The molecule has 0 radical (unpaired) electrons. The van der Waals surface area contributed by atoms with E-state index >= 15 is 0 Å². The maximum Gasteiger partial charge on any atom is 0.165 e. The first-order valence-electron chi connectivity index (χ1n) is 7.78.